The zero-order valence-electron chi connectivity index (χ0n) is 23.6. The fraction of sp³-hybridized carbons (Fsp3) is 0.312. The number of likely N-dealkylation sites (N-methyl/N-ethyl adjacent to an activating group) is 1. The molecule has 0 amide bonds. The van der Waals surface area contributed by atoms with Gasteiger partial charge in [0, 0.05) is 48.5 Å². The standard InChI is InChI=1S/C32H32FN3O5S2/c1-35-28(21-8-4-2-5-9-21)19-36(23-10-6-3-7-11-23)27-18-29(41-20-31-34-14-15-42-31)24(17-30(27)43(35,39)40)22-12-13-26(33)25(16-22)32(37)38/h3,6-7,10-18,21,28H,2,4-5,8-9,19-20H2,1H3,(H,37,38)/t28-/m0/s1. The van der Waals surface area contributed by atoms with E-state index in [9.17, 15) is 22.7 Å². The van der Waals surface area contributed by atoms with Crippen molar-refractivity contribution in [1.29, 1.82) is 0 Å². The molecule has 43 heavy (non-hydrogen) atoms. The van der Waals surface area contributed by atoms with Gasteiger partial charge in [0.25, 0.3) is 0 Å². The van der Waals surface area contributed by atoms with Gasteiger partial charge in [0.15, 0.2) is 0 Å². The third-order valence-electron chi connectivity index (χ3n) is 8.45. The lowest BCUT2D eigenvalue weighted by atomic mass is 9.83. The van der Waals surface area contributed by atoms with E-state index in [0.29, 0.717) is 29.1 Å². The van der Waals surface area contributed by atoms with Crippen LogP contribution in [0, 0.1) is 11.7 Å². The number of hydrogen-bond donors (Lipinski definition) is 1. The second-order valence-corrected chi connectivity index (χ2v) is 13.9. The average molecular weight is 622 g/mol. The molecule has 6 rings (SSSR count). The summed E-state index contributed by atoms with van der Waals surface area (Å²) in [6.45, 7) is 0.585. The Balaban J connectivity index is 1.57. The number of sulfonamides is 1. The molecule has 1 saturated carbocycles. The van der Waals surface area contributed by atoms with Gasteiger partial charge in [-0.3, -0.25) is 0 Å². The number of thiazole rings is 1. The van der Waals surface area contributed by atoms with Crippen molar-refractivity contribution in [3.63, 3.8) is 0 Å². The van der Waals surface area contributed by atoms with E-state index < -0.39 is 27.4 Å². The van der Waals surface area contributed by atoms with E-state index in [0.717, 1.165) is 48.9 Å². The topological polar surface area (TPSA) is 100 Å². The molecular weight excluding hydrogens is 590 g/mol. The van der Waals surface area contributed by atoms with Crippen molar-refractivity contribution >= 4 is 38.7 Å². The maximum absolute atomic E-state index is 14.4. The van der Waals surface area contributed by atoms with E-state index in [1.54, 1.807) is 19.3 Å². The van der Waals surface area contributed by atoms with Crippen LogP contribution in [0.5, 0.6) is 5.75 Å². The molecule has 0 saturated heterocycles. The number of carboxylic acid groups (broad SMARTS) is 1. The molecule has 0 bridgehead atoms. The predicted molar refractivity (Wildman–Crippen MR) is 164 cm³/mol. The molecule has 3 aromatic carbocycles. The van der Waals surface area contributed by atoms with E-state index in [4.69, 9.17) is 4.74 Å². The highest BCUT2D eigenvalue weighted by Crippen LogP contribution is 2.46. The Bertz CT molecular complexity index is 1730. The molecule has 1 N–H and O–H groups in total. The number of anilines is 2. The van der Waals surface area contributed by atoms with Gasteiger partial charge in [0.2, 0.25) is 10.0 Å². The molecule has 0 spiro atoms. The second kappa shape index (κ2) is 12.1. The highest BCUT2D eigenvalue weighted by molar-refractivity contribution is 7.89. The van der Waals surface area contributed by atoms with Gasteiger partial charge in [-0.15, -0.1) is 11.3 Å². The Kier molecular flexibility index (Phi) is 8.21. The summed E-state index contributed by atoms with van der Waals surface area (Å²) in [6.07, 6.45) is 6.90. The first kappa shape index (κ1) is 29.3. The molecule has 224 valence electrons. The van der Waals surface area contributed by atoms with Crippen LogP contribution in [0.2, 0.25) is 0 Å². The first-order valence-electron chi connectivity index (χ1n) is 14.3. The van der Waals surface area contributed by atoms with Gasteiger partial charge in [-0.25, -0.2) is 22.6 Å². The third kappa shape index (κ3) is 5.76. The van der Waals surface area contributed by atoms with Crippen LogP contribution >= 0.6 is 11.3 Å². The van der Waals surface area contributed by atoms with E-state index in [1.807, 2.05) is 40.6 Å². The molecule has 1 aliphatic carbocycles. The maximum atomic E-state index is 14.4. The third-order valence-corrected chi connectivity index (χ3v) is 11.1. The number of para-hydroxylation sites is 1. The van der Waals surface area contributed by atoms with E-state index in [-0.39, 0.29) is 23.5 Å². The molecule has 1 aromatic heterocycles. The number of hydrogen-bond acceptors (Lipinski definition) is 7. The number of benzene rings is 3. The minimum atomic E-state index is -4.00. The van der Waals surface area contributed by atoms with Gasteiger partial charge in [0.1, 0.15) is 28.1 Å². The van der Waals surface area contributed by atoms with E-state index >= 15 is 0 Å². The SMILES string of the molecule is CN1[C@H](C2CCCCC2)CN(c2ccccc2)c2cc(OCc3nccs3)c(-c3ccc(F)c(C(=O)O)c3)cc2S1(=O)=O. The number of carbonyl (C=O) groups is 1. The lowest BCUT2D eigenvalue weighted by Crippen LogP contribution is -2.46. The Morgan fingerprint density at radius 3 is 2.56 bits per heavy atom. The van der Waals surface area contributed by atoms with Crippen molar-refractivity contribution in [3.8, 4) is 16.9 Å². The summed E-state index contributed by atoms with van der Waals surface area (Å²) in [7, 11) is -2.35. The average Bonchev–Trinajstić information content (AvgIpc) is 3.52. The van der Waals surface area contributed by atoms with Crippen LogP contribution in [0.1, 0.15) is 47.5 Å². The summed E-state index contributed by atoms with van der Waals surface area (Å²) in [5.74, 6) is -1.75. The number of halogens is 1. The second-order valence-electron chi connectivity index (χ2n) is 11.0. The monoisotopic (exact) mass is 621 g/mol. The molecule has 1 atom stereocenters. The Labute approximate surface area is 254 Å². The summed E-state index contributed by atoms with van der Waals surface area (Å²) < 4.78 is 51.0. The predicted octanol–water partition coefficient (Wildman–Crippen LogP) is 6.95. The van der Waals surface area contributed by atoms with Crippen molar-refractivity contribution in [1.82, 2.24) is 9.29 Å². The molecule has 2 aliphatic rings. The quantitative estimate of drug-likeness (QED) is 0.238. The van der Waals surface area contributed by atoms with E-state index in [2.05, 4.69) is 4.98 Å². The maximum Gasteiger partial charge on any atom is 0.338 e. The molecule has 1 aliphatic heterocycles. The van der Waals surface area contributed by atoms with Crippen molar-refractivity contribution in [2.45, 2.75) is 49.6 Å². The van der Waals surface area contributed by atoms with Crippen molar-refractivity contribution < 1.29 is 27.4 Å². The molecule has 11 heteroatoms. The smallest absolute Gasteiger partial charge is 0.338 e. The zero-order valence-corrected chi connectivity index (χ0v) is 25.3. The molecule has 0 radical (unpaired) electrons. The minimum Gasteiger partial charge on any atom is -0.486 e. The van der Waals surface area contributed by atoms with Crippen LogP contribution in [-0.4, -0.2) is 48.4 Å². The first-order valence-corrected chi connectivity index (χ1v) is 16.6. The van der Waals surface area contributed by atoms with Gasteiger partial charge >= 0.3 is 5.97 Å². The molecule has 2 heterocycles. The summed E-state index contributed by atoms with van der Waals surface area (Å²) in [6, 6.07) is 16.4. The lowest BCUT2D eigenvalue weighted by Gasteiger charge is -2.36. The molecule has 4 aromatic rings. The number of fused-ring (bicyclic) bond motifs is 1. The minimum absolute atomic E-state index is 0.0787. The van der Waals surface area contributed by atoms with Gasteiger partial charge in [-0.1, -0.05) is 43.5 Å². The summed E-state index contributed by atoms with van der Waals surface area (Å²) >= 11 is 1.42. The molecule has 8 nitrogen and oxygen atoms in total. The molecular formula is C32H32FN3O5S2. The van der Waals surface area contributed by atoms with Crippen LogP contribution in [0.15, 0.2) is 77.1 Å². The Morgan fingerprint density at radius 2 is 1.86 bits per heavy atom. The number of aromatic nitrogens is 1. The normalized spacial score (nSPS) is 19.0. The Hall–Kier alpha value is -3.80. The van der Waals surface area contributed by atoms with Crippen LogP contribution < -0.4 is 9.64 Å². The van der Waals surface area contributed by atoms with Gasteiger partial charge in [-0.05, 0) is 54.7 Å². The van der Waals surface area contributed by atoms with Gasteiger partial charge < -0.3 is 14.7 Å². The number of aromatic carboxylic acids is 1. The highest BCUT2D eigenvalue weighted by Gasteiger charge is 2.41. The highest BCUT2D eigenvalue weighted by atomic mass is 32.2. The molecule has 0 unspecified atom stereocenters. The summed E-state index contributed by atoms with van der Waals surface area (Å²) in [5, 5.41) is 12.2. The van der Waals surface area contributed by atoms with Crippen molar-refractivity contribution in [2.75, 3.05) is 18.5 Å². The van der Waals surface area contributed by atoms with Crippen LogP contribution in [0.25, 0.3) is 11.1 Å². The number of ether oxygens (including phenoxy) is 1. The van der Waals surface area contributed by atoms with Gasteiger partial charge in [0.05, 0.1) is 11.3 Å². The zero-order chi connectivity index (χ0) is 30.1. The lowest BCUT2D eigenvalue weighted by molar-refractivity contribution is 0.0692. The fourth-order valence-electron chi connectivity index (χ4n) is 6.18. The largest absolute Gasteiger partial charge is 0.486 e. The molecule has 1 fully saturated rings. The van der Waals surface area contributed by atoms with Crippen LogP contribution in [-0.2, 0) is 16.6 Å². The number of carboxylic acids is 1. The number of nitrogens with zero attached hydrogens (tertiary/aromatic N) is 3. The van der Waals surface area contributed by atoms with Crippen LogP contribution in [0.3, 0.4) is 0 Å². The fourth-order valence-corrected chi connectivity index (χ4v) is 8.32. The van der Waals surface area contributed by atoms with Crippen molar-refractivity contribution in [2.24, 2.45) is 5.92 Å². The van der Waals surface area contributed by atoms with Gasteiger partial charge in [-0.2, -0.15) is 4.31 Å². The van der Waals surface area contributed by atoms with Crippen molar-refractivity contribution in [3.05, 3.63) is 88.6 Å². The first-order chi connectivity index (χ1) is 20.7. The summed E-state index contributed by atoms with van der Waals surface area (Å²) in [5.41, 5.74) is 1.48. The summed E-state index contributed by atoms with van der Waals surface area (Å²) in [4.78, 5) is 18.2. The van der Waals surface area contributed by atoms with Crippen LogP contribution in [0.4, 0.5) is 15.8 Å². The Morgan fingerprint density at radius 1 is 1.09 bits per heavy atom. The van der Waals surface area contributed by atoms with E-state index in [1.165, 1.54) is 33.8 Å². The number of rotatable bonds is 7.